The molecule has 2 aromatic rings. The zero-order chi connectivity index (χ0) is 18.0. The molecule has 1 aliphatic rings. The first-order chi connectivity index (χ1) is 12.0. The van der Waals surface area contributed by atoms with Gasteiger partial charge in [0, 0.05) is 53.9 Å². The Morgan fingerprint density at radius 2 is 2.04 bits per heavy atom. The number of rotatable bonds is 4. The second-order valence-corrected chi connectivity index (χ2v) is 6.33. The molecule has 3 rings (SSSR count). The summed E-state index contributed by atoms with van der Waals surface area (Å²) >= 11 is 5.99. The van der Waals surface area contributed by atoms with Crippen LogP contribution in [-0.4, -0.2) is 64.7 Å². The van der Waals surface area contributed by atoms with Crippen LogP contribution in [0.25, 0.3) is 10.9 Å². The molecule has 134 valence electrons. The Hall–Kier alpha value is -2.25. The first-order valence-corrected chi connectivity index (χ1v) is 8.54. The number of benzene rings is 1. The molecule has 0 bridgehead atoms. The maximum atomic E-state index is 11.9. The van der Waals surface area contributed by atoms with E-state index in [4.69, 9.17) is 16.3 Å². The molecule has 1 amide bonds. The molecule has 2 N–H and O–H groups in total. The summed E-state index contributed by atoms with van der Waals surface area (Å²) < 4.78 is 5.00. The zero-order valence-electron chi connectivity index (χ0n) is 13.9. The van der Waals surface area contributed by atoms with Gasteiger partial charge < -0.3 is 19.7 Å². The Balaban J connectivity index is 1.80. The number of carbonyl (C=O) groups is 2. The number of aromatic amines is 1. The number of halogens is 1. The molecule has 1 fully saturated rings. The molecule has 2 heterocycles. The highest BCUT2D eigenvalue weighted by Gasteiger charge is 2.33. The van der Waals surface area contributed by atoms with Gasteiger partial charge in [-0.15, -0.1) is 0 Å². The molecule has 0 saturated carbocycles. The molecule has 1 aromatic heterocycles. The second-order valence-electron chi connectivity index (χ2n) is 5.90. The number of aromatic nitrogens is 1. The molecule has 0 radical (unpaired) electrons. The molecular formula is C17H20ClN3O4. The predicted octanol–water partition coefficient (Wildman–Crippen LogP) is 2.72. The number of piperazine rings is 1. The third-order valence-corrected chi connectivity index (χ3v) is 4.64. The van der Waals surface area contributed by atoms with E-state index in [1.165, 1.54) is 0 Å². The summed E-state index contributed by atoms with van der Waals surface area (Å²) in [4.78, 5) is 30.3. The monoisotopic (exact) mass is 365 g/mol. The van der Waals surface area contributed by atoms with Crippen LogP contribution in [-0.2, 0) is 9.53 Å². The number of carboxylic acids is 1. The van der Waals surface area contributed by atoms with Crippen molar-refractivity contribution in [3.63, 3.8) is 0 Å². The molecule has 1 aromatic carbocycles. The Morgan fingerprint density at radius 1 is 1.32 bits per heavy atom. The van der Waals surface area contributed by atoms with Gasteiger partial charge >= 0.3 is 12.1 Å². The maximum Gasteiger partial charge on any atom is 0.409 e. The third-order valence-electron chi connectivity index (χ3n) is 4.41. The number of H-pyrrole nitrogens is 1. The molecule has 7 nitrogen and oxygen atoms in total. The van der Waals surface area contributed by atoms with Gasteiger partial charge in [0.25, 0.3) is 0 Å². The summed E-state index contributed by atoms with van der Waals surface area (Å²) in [5, 5.41) is 11.2. The minimum absolute atomic E-state index is 0.328. The third kappa shape index (κ3) is 3.57. The van der Waals surface area contributed by atoms with Gasteiger partial charge in [-0.3, -0.25) is 9.69 Å². The lowest BCUT2D eigenvalue weighted by atomic mass is 10.0. The number of nitrogens with one attached hydrogen (secondary N) is 1. The second kappa shape index (κ2) is 7.33. The number of nitrogens with zero attached hydrogens (tertiary/aromatic N) is 2. The number of aliphatic carboxylic acids is 1. The largest absolute Gasteiger partial charge is 0.480 e. The molecule has 25 heavy (non-hydrogen) atoms. The van der Waals surface area contributed by atoms with Gasteiger partial charge in [0.05, 0.1) is 6.61 Å². The van der Waals surface area contributed by atoms with Crippen LogP contribution in [0.2, 0.25) is 5.02 Å². The van der Waals surface area contributed by atoms with Crippen molar-refractivity contribution in [1.29, 1.82) is 0 Å². The highest BCUT2D eigenvalue weighted by Crippen LogP contribution is 2.31. The normalized spacial score (nSPS) is 16.8. The average Bonchev–Trinajstić information content (AvgIpc) is 2.98. The van der Waals surface area contributed by atoms with Crippen molar-refractivity contribution in [2.75, 3.05) is 32.8 Å². The van der Waals surface area contributed by atoms with Crippen LogP contribution in [0.15, 0.2) is 24.4 Å². The Morgan fingerprint density at radius 3 is 2.68 bits per heavy atom. The van der Waals surface area contributed by atoms with Gasteiger partial charge in [0.15, 0.2) is 0 Å². The van der Waals surface area contributed by atoms with Crippen molar-refractivity contribution in [2.45, 2.75) is 13.0 Å². The fourth-order valence-corrected chi connectivity index (χ4v) is 3.38. The van der Waals surface area contributed by atoms with Crippen LogP contribution < -0.4 is 0 Å². The first-order valence-electron chi connectivity index (χ1n) is 8.16. The lowest BCUT2D eigenvalue weighted by Gasteiger charge is -2.37. The minimum Gasteiger partial charge on any atom is -0.480 e. The molecule has 1 atom stereocenters. The number of carbonyl (C=O) groups excluding carboxylic acids is 1. The van der Waals surface area contributed by atoms with Crippen molar-refractivity contribution in [3.8, 4) is 0 Å². The van der Waals surface area contributed by atoms with Gasteiger partial charge in [-0.05, 0) is 19.1 Å². The van der Waals surface area contributed by atoms with Crippen molar-refractivity contribution in [1.82, 2.24) is 14.8 Å². The number of fused-ring (bicyclic) bond motifs is 1. The summed E-state index contributed by atoms with van der Waals surface area (Å²) in [6.07, 6.45) is 1.37. The number of carboxylic acid groups (broad SMARTS) is 1. The first kappa shape index (κ1) is 17.6. The Kier molecular flexibility index (Phi) is 5.15. The fourth-order valence-electron chi connectivity index (χ4n) is 3.21. The van der Waals surface area contributed by atoms with Gasteiger partial charge in [0.1, 0.15) is 6.04 Å². The van der Waals surface area contributed by atoms with E-state index < -0.39 is 12.0 Å². The van der Waals surface area contributed by atoms with Gasteiger partial charge in [-0.2, -0.15) is 0 Å². The number of hydrogen-bond donors (Lipinski definition) is 2. The molecular weight excluding hydrogens is 346 g/mol. The van der Waals surface area contributed by atoms with E-state index in [2.05, 4.69) is 4.98 Å². The number of hydrogen-bond acceptors (Lipinski definition) is 4. The summed E-state index contributed by atoms with van der Waals surface area (Å²) in [6, 6.07) is 4.57. The maximum absolute atomic E-state index is 11.9. The van der Waals surface area contributed by atoms with E-state index in [0.29, 0.717) is 43.4 Å². The summed E-state index contributed by atoms with van der Waals surface area (Å²) in [5.41, 5.74) is 1.50. The summed E-state index contributed by atoms with van der Waals surface area (Å²) in [7, 11) is 0. The predicted molar refractivity (Wildman–Crippen MR) is 93.9 cm³/mol. The van der Waals surface area contributed by atoms with Crippen LogP contribution in [0.4, 0.5) is 4.79 Å². The summed E-state index contributed by atoms with van der Waals surface area (Å²) in [6.45, 7) is 3.91. The highest BCUT2D eigenvalue weighted by molar-refractivity contribution is 6.31. The molecule has 8 heteroatoms. The molecule has 1 aliphatic heterocycles. The molecule has 0 spiro atoms. The van der Waals surface area contributed by atoms with Crippen LogP contribution in [0, 0.1) is 0 Å². The van der Waals surface area contributed by atoms with Crippen LogP contribution >= 0.6 is 11.6 Å². The standard InChI is InChI=1S/C17H20ClN3O4/c1-2-25-17(24)21-7-5-20(6-8-21)15(16(22)23)13-10-19-14-9-11(18)3-4-12(13)14/h3-4,9-10,15,19H,2,5-8H2,1H3,(H,22,23)/t15-/m0/s1. The van der Waals surface area contributed by atoms with Gasteiger partial charge in [-0.1, -0.05) is 17.7 Å². The van der Waals surface area contributed by atoms with Crippen molar-refractivity contribution in [2.24, 2.45) is 0 Å². The topological polar surface area (TPSA) is 85.9 Å². The summed E-state index contributed by atoms with van der Waals surface area (Å²) in [5.74, 6) is -0.916. The average molecular weight is 366 g/mol. The smallest absolute Gasteiger partial charge is 0.409 e. The number of ether oxygens (including phenoxy) is 1. The van der Waals surface area contributed by atoms with E-state index in [1.54, 1.807) is 30.2 Å². The minimum atomic E-state index is -0.916. The lowest BCUT2D eigenvalue weighted by Crippen LogP contribution is -2.51. The lowest BCUT2D eigenvalue weighted by molar-refractivity contribution is -0.144. The molecule has 0 aliphatic carbocycles. The Bertz CT molecular complexity index is 783. The zero-order valence-corrected chi connectivity index (χ0v) is 14.6. The number of amides is 1. The van der Waals surface area contributed by atoms with Crippen LogP contribution in [0.1, 0.15) is 18.5 Å². The van der Waals surface area contributed by atoms with Gasteiger partial charge in [-0.25, -0.2) is 4.79 Å². The van der Waals surface area contributed by atoms with Crippen LogP contribution in [0.3, 0.4) is 0 Å². The Labute approximate surface area is 150 Å². The van der Waals surface area contributed by atoms with E-state index in [1.807, 2.05) is 11.0 Å². The van der Waals surface area contributed by atoms with E-state index in [-0.39, 0.29) is 6.09 Å². The van der Waals surface area contributed by atoms with E-state index in [0.717, 1.165) is 10.9 Å². The molecule has 0 unspecified atom stereocenters. The van der Waals surface area contributed by atoms with Crippen LogP contribution in [0.5, 0.6) is 0 Å². The quantitative estimate of drug-likeness (QED) is 0.870. The fraction of sp³-hybridized carbons (Fsp3) is 0.412. The SMILES string of the molecule is CCOC(=O)N1CCN([C@H](C(=O)O)c2c[nH]c3cc(Cl)ccc23)CC1. The van der Waals surface area contributed by atoms with E-state index >= 15 is 0 Å². The van der Waals surface area contributed by atoms with Gasteiger partial charge in [0.2, 0.25) is 0 Å². The van der Waals surface area contributed by atoms with Crippen molar-refractivity contribution in [3.05, 3.63) is 35.0 Å². The molecule has 1 saturated heterocycles. The van der Waals surface area contributed by atoms with Crippen molar-refractivity contribution >= 4 is 34.6 Å². The van der Waals surface area contributed by atoms with Crippen molar-refractivity contribution < 1.29 is 19.4 Å². The highest BCUT2D eigenvalue weighted by atomic mass is 35.5. The van der Waals surface area contributed by atoms with E-state index in [9.17, 15) is 14.7 Å².